The van der Waals surface area contributed by atoms with Gasteiger partial charge in [0.1, 0.15) is 0 Å². The molecule has 2 aromatic rings. The first-order valence-corrected chi connectivity index (χ1v) is 5.74. The summed E-state index contributed by atoms with van der Waals surface area (Å²) in [7, 11) is 0. The second-order valence-electron chi connectivity index (χ2n) is 4.29. The molecule has 3 nitrogen and oxygen atoms in total. The van der Waals surface area contributed by atoms with E-state index in [4.69, 9.17) is 5.73 Å². The van der Waals surface area contributed by atoms with Crippen molar-refractivity contribution < 1.29 is 9.59 Å². The third-order valence-electron chi connectivity index (χ3n) is 3.23. The summed E-state index contributed by atoms with van der Waals surface area (Å²) in [5, 5.41) is 0. The Kier molecular flexibility index (Phi) is 2.35. The zero-order valence-electron chi connectivity index (χ0n) is 9.64. The number of hydrogen-bond donors (Lipinski definition) is 1. The maximum Gasteiger partial charge on any atom is 0.194 e. The summed E-state index contributed by atoms with van der Waals surface area (Å²) < 4.78 is 0. The first kappa shape index (κ1) is 10.9. The van der Waals surface area contributed by atoms with E-state index in [1.807, 2.05) is 0 Å². The van der Waals surface area contributed by atoms with Crippen molar-refractivity contribution in [1.82, 2.24) is 0 Å². The molecule has 0 bridgehead atoms. The molecule has 88 valence electrons. The maximum atomic E-state index is 12.3. The standard InChI is InChI=1S/C15H11NO2/c16-8-9-5-6-12-13(7-9)15(18)11-4-2-1-3-10(11)14(12)17/h1-7H,8,16H2. The van der Waals surface area contributed by atoms with Crippen LogP contribution in [-0.2, 0) is 6.54 Å². The van der Waals surface area contributed by atoms with Crippen LogP contribution in [0, 0.1) is 0 Å². The van der Waals surface area contributed by atoms with E-state index in [1.54, 1.807) is 42.5 Å². The highest BCUT2D eigenvalue weighted by atomic mass is 16.1. The number of hydrogen-bond acceptors (Lipinski definition) is 3. The highest BCUT2D eigenvalue weighted by Crippen LogP contribution is 2.27. The number of carbonyl (C=O) groups is 2. The number of carbonyl (C=O) groups excluding carboxylic acids is 2. The van der Waals surface area contributed by atoms with E-state index < -0.39 is 0 Å². The second kappa shape index (κ2) is 3.89. The van der Waals surface area contributed by atoms with Crippen LogP contribution < -0.4 is 5.73 Å². The van der Waals surface area contributed by atoms with E-state index in [-0.39, 0.29) is 11.6 Å². The highest BCUT2D eigenvalue weighted by molar-refractivity contribution is 6.28. The molecule has 0 radical (unpaired) electrons. The molecule has 0 amide bonds. The van der Waals surface area contributed by atoms with Crippen LogP contribution in [0.1, 0.15) is 37.4 Å². The van der Waals surface area contributed by atoms with Gasteiger partial charge >= 0.3 is 0 Å². The molecule has 0 aromatic heterocycles. The lowest BCUT2D eigenvalue weighted by molar-refractivity contribution is 0.0979. The van der Waals surface area contributed by atoms with Crippen LogP contribution in [0.15, 0.2) is 42.5 Å². The Bertz CT molecular complexity index is 674. The summed E-state index contributed by atoms with van der Waals surface area (Å²) in [6.45, 7) is 0.358. The Morgan fingerprint density at radius 2 is 1.33 bits per heavy atom. The molecule has 0 spiro atoms. The van der Waals surface area contributed by atoms with Gasteiger partial charge in [-0.15, -0.1) is 0 Å². The molecule has 2 N–H and O–H groups in total. The van der Waals surface area contributed by atoms with Crippen LogP contribution in [0.2, 0.25) is 0 Å². The minimum Gasteiger partial charge on any atom is -0.326 e. The topological polar surface area (TPSA) is 60.2 Å². The van der Waals surface area contributed by atoms with Gasteiger partial charge in [-0.3, -0.25) is 9.59 Å². The fraction of sp³-hybridized carbons (Fsp3) is 0.0667. The molecule has 0 saturated carbocycles. The highest BCUT2D eigenvalue weighted by Gasteiger charge is 2.28. The van der Waals surface area contributed by atoms with Gasteiger partial charge < -0.3 is 5.73 Å². The predicted molar refractivity (Wildman–Crippen MR) is 67.6 cm³/mol. The normalized spacial score (nSPS) is 13.2. The van der Waals surface area contributed by atoms with Gasteiger partial charge in [0, 0.05) is 28.8 Å². The van der Waals surface area contributed by atoms with Crippen molar-refractivity contribution in [2.75, 3.05) is 0 Å². The molecular formula is C15H11NO2. The van der Waals surface area contributed by atoms with E-state index in [0.29, 0.717) is 28.8 Å². The van der Waals surface area contributed by atoms with Crippen molar-refractivity contribution in [2.24, 2.45) is 5.73 Å². The number of fused-ring (bicyclic) bond motifs is 2. The average Bonchev–Trinajstić information content (AvgIpc) is 2.44. The molecule has 1 aliphatic rings. The molecule has 3 rings (SSSR count). The minimum atomic E-state index is -0.101. The van der Waals surface area contributed by atoms with Gasteiger partial charge in [0.05, 0.1) is 0 Å². The summed E-state index contributed by atoms with van der Waals surface area (Å²) in [6.07, 6.45) is 0. The Labute approximate surface area is 104 Å². The number of benzene rings is 2. The lowest BCUT2D eigenvalue weighted by Crippen LogP contribution is -2.21. The minimum absolute atomic E-state index is 0.0937. The molecule has 0 fully saturated rings. The van der Waals surface area contributed by atoms with Gasteiger partial charge in [-0.25, -0.2) is 0 Å². The Morgan fingerprint density at radius 1 is 0.778 bits per heavy atom. The molecular weight excluding hydrogens is 226 g/mol. The van der Waals surface area contributed by atoms with Crippen molar-refractivity contribution in [3.8, 4) is 0 Å². The largest absolute Gasteiger partial charge is 0.326 e. The zero-order chi connectivity index (χ0) is 12.7. The van der Waals surface area contributed by atoms with Crippen molar-refractivity contribution in [3.63, 3.8) is 0 Å². The van der Waals surface area contributed by atoms with Crippen LogP contribution in [0.4, 0.5) is 0 Å². The van der Waals surface area contributed by atoms with E-state index in [1.165, 1.54) is 0 Å². The van der Waals surface area contributed by atoms with Crippen molar-refractivity contribution in [3.05, 3.63) is 70.3 Å². The van der Waals surface area contributed by atoms with E-state index in [2.05, 4.69) is 0 Å². The van der Waals surface area contributed by atoms with Gasteiger partial charge in [0.25, 0.3) is 0 Å². The fourth-order valence-electron chi connectivity index (χ4n) is 2.27. The number of nitrogens with two attached hydrogens (primary N) is 1. The van der Waals surface area contributed by atoms with Gasteiger partial charge in [0.2, 0.25) is 0 Å². The van der Waals surface area contributed by atoms with Crippen LogP contribution in [-0.4, -0.2) is 11.6 Å². The molecule has 0 saturated heterocycles. The third kappa shape index (κ3) is 1.41. The third-order valence-corrected chi connectivity index (χ3v) is 3.23. The van der Waals surface area contributed by atoms with E-state index in [0.717, 1.165) is 5.56 Å². The van der Waals surface area contributed by atoms with Crippen LogP contribution in [0.5, 0.6) is 0 Å². The maximum absolute atomic E-state index is 12.3. The molecule has 0 unspecified atom stereocenters. The van der Waals surface area contributed by atoms with Gasteiger partial charge in [0.15, 0.2) is 11.6 Å². The Hall–Kier alpha value is -2.26. The summed E-state index contributed by atoms with van der Waals surface area (Å²) >= 11 is 0. The van der Waals surface area contributed by atoms with Crippen LogP contribution in [0.25, 0.3) is 0 Å². The zero-order valence-corrected chi connectivity index (χ0v) is 9.64. The second-order valence-corrected chi connectivity index (χ2v) is 4.29. The lowest BCUT2D eigenvalue weighted by Gasteiger charge is -2.17. The molecule has 2 aromatic carbocycles. The smallest absolute Gasteiger partial charge is 0.194 e. The van der Waals surface area contributed by atoms with Crippen molar-refractivity contribution in [1.29, 1.82) is 0 Å². The molecule has 0 aliphatic heterocycles. The lowest BCUT2D eigenvalue weighted by atomic mass is 9.83. The first-order valence-electron chi connectivity index (χ1n) is 5.74. The van der Waals surface area contributed by atoms with Crippen molar-refractivity contribution in [2.45, 2.75) is 6.54 Å². The van der Waals surface area contributed by atoms with Crippen LogP contribution >= 0.6 is 0 Å². The summed E-state index contributed by atoms with van der Waals surface area (Å²) in [5.41, 5.74) is 8.30. The molecule has 0 heterocycles. The quantitative estimate of drug-likeness (QED) is 0.703. The SMILES string of the molecule is NCc1ccc2c(c1)C(=O)c1ccccc1C2=O. The number of ketones is 2. The first-order chi connectivity index (χ1) is 8.72. The molecule has 18 heavy (non-hydrogen) atoms. The molecule has 1 aliphatic carbocycles. The van der Waals surface area contributed by atoms with Crippen LogP contribution in [0.3, 0.4) is 0 Å². The Balaban J connectivity index is 2.27. The summed E-state index contributed by atoms with van der Waals surface area (Å²) in [4.78, 5) is 24.6. The fourth-order valence-corrected chi connectivity index (χ4v) is 2.27. The average molecular weight is 237 g/mol. The molecule has 3 heteroatoms. The summed E-state index contributed by atoms with van der Waals surface area (Å²) in [5.74, 6) is -0.195. The van der Waals surface area contributed by atoms with Crippen molar-refractivity contribution >= 4 is 11.6 Å². The molecule has 0 atom stereocenters. The van der Waals surface area contributed by atoms with E-state index >= 15 is 0 Å². The van der Waals surface area contributed by atoms with Gasteiger partial charge in [-0.05, 0) is 17.7 Å². The van der Waals surface area contributed by atoms with Gasteiger partial charge in [-0.1, -0.05) is 30.3 Å². The predicted octanol–water partition coefficient (Wildman–Crippen LogP) is 1.92. The Morgan fingerprint density at radius 3 is 1.94 bits per heavy atom. The summed E-state index contributed by atoms with van der Waals surface area (Å²) in [6, 6.07) is 12.1. The monoisotopic (exact) mass is 237 g/mol. The van der Waals surface area contributed by atoms with E-state index in [9.17, 15) is 9.59 Å². The number of rotatable bonds is 1. The van der Waals surface area contributed by atoms with Gasteiger partial charge in [-0.2, -0.15) is 0 Å².